The number of benzene rings is 4. The van der Waals surface area contributed by atoms with Crippen LogP contribution in [0, 0.1) is 6.92 Å². The molecular formula is C44H49F3IN9O4. The highest BCUT2D eigenvalue weighted by Crippen LogP contribution is 2.36. The van der Waals surface area contributed by atoms with Crippen molar-refractivity contribution in [2.24, 2.45) is 0 Å². The molecule has 4 aromatic carbocycles. The molecule has 0 unspecified atom stereocenters. The number of aryl methyl sites for hydroxylation is 1. The molecule has 61 heavy (non-hydrogen) atoms. The van der Waals surface area contributed by atoms with E-state index in [0.29, 0.717) is 52.7 Å². The first-order valence-electron chi connectivity index (χ1n) is 19.7. The number of carbonyl (C=O) groups is 2. The average molecular weight is 953 g/mol. The van der Waals surface area contributed by atoms with Crippen LogP contribution in [0.5, 0.6) is 11.6 Å². The fourth-order valence-corrected chi connectivity index (χ4v) is 6.34. The SMILES string of the molecule is C.Cc1ccc(-n2nc(C(C)C)cc2NC(=O)Nc2ccc(Oc3ccnc(Nc4cc(C(=O)NCCN5CCOCC5)cc(C(F)(F)F)c4)n3)c3ccccc23)cc1.[2H]CI. The summed E-state index contributed by atoms with van der Waals surface area (Å²) >= 11 is 1.96. The first-order chi connectivity index (χ1) is 29.3. The lowest BCUT2D eigenvalue weighted by atomic mass is 10.1. The molecule has 0 saturated carbocycles. The molecule has 1 aliphatic rings. The molecule has 4 N–H and O–H groups in total. The Labute approximate surface area is 368 Å². The van der Waals surface area contributed by atoms with Gasteiger partial charge in [0.25, 0.3) is 5.91 Å². The van der Waals surface area contributed by atoms with Gasteiger partial charge in [-0.3, -0.25) is 15.0 Å². The topological polar surface area (TPSA) is 148 Å². The molecule has 2 aromatic heterocycles. The lowest BCUT2D eigenvalue weighted by Gasteiger charge is -2.26. The number of amides is 3. The van der Waals surface area contributed by atoms with Crippen LogP contribution in [0.4, 0.5) is 41.1 Å². The van der Waals surface area contributed by atoms with Gasteiger partial charge in [-0.05, 0) is 60.2 Å². The number of rotatable bonds is 12. The fourth-order valence-electron chi connectivity index (χ4n) is 6.34. The standard InChI is InChI=1S/C42H42F3N9O4.CH3I.CH4/c1-26(2)35-25-37(54(52-35)31-10-8-27(3)9-11-31)50-41(56)49-34-12-13-36(33-7-5-4-6-32(33)34)58-38-14-15-47-40(51-38)48-30-23-28(22-29(24-30)42(43,44)45)39(55)46-16-17-53-18-20-57-21-19-53;1-2;/h4-15,22-26H,16-21H2,1-3H3,(H,46,55)(H,47,48,51)(H2,49,50,56);1H3;1H4/i;1D;. The number of hydrogen-bond acceptors (Lipinski definition) is 9. The number of aromatic nitrogens is 4. The van der Waals surface area contributed by atoms with Crippen molar-refractivity contribution in [3.05, 3.63) is 120 Å². The summed E-state index contributed by atoms with van der Waals surface area (Å²) < 4.78 is 61.2. The maximum atomic E-state index is 13.9. The van der Waals surface area contributed by atoms with E-state index < -0.39 is 23.7 Å². The number of morpholine rings is 1. The van der Waals surface area contributed by atoms with Crippen molar-refractivity contribution in [2.75, 3.05) is 60.2 Å². The number of nitrogens with one attached hydrogen (secondary N) is 4. The van der Waals surface area contributed by atoms with Crippen molar-refractivity contribution >= 4 is 68.4 Å². The second-order valence-corrected chi connectivity index (χ2v) is 14.0. The predicted molar refractivity (Wildman–Crippen MR) is 242 cm³/mol. The summed E-state index contributed by atoms with van der Waals surface area (Å²) in [6.45, 7) is 9.50. The number of urea groups is 1. The summed E-state index contributed by atoms with van der Waals surface area (Å²) in [5.74, 6) is 0.444. The fraction of sp³-hybridized carbons (Fsp3) is 0.295. The van der Waals surface area contributed by atoms with Crippen molar-refractivity contribution in [3.63, 3.8) is 0 Å². The van der Waals surface area contributed by atoms with Crippen LogP contribution in [0.3, 0.4) is 0 Å². The van der Waals surface area contributed by atoms with E-state index in [1.54, 1.807) is 16.8 Å². The molecule has 0 atom stereocenters. The van der Waals surface area contributed by atoms with Crippen LogP contribution in [-0.2, 0) is 10.9 Å². The van der Waals surface area contributed by atoms with E-state index in [-0.39, 0.29) is 43.0 Å². The van der Waals surface area contributed by atoms with Gasteiger partial charge in [-0.15, -0.1) is 0 Å². The van der Waals surface area contributed by atoms with Gasteiger partial charge in [0.15, 0.2) is 0 Å². The Bertz CT molecular complexity index is 2450. The quantitative estimate of drug-likeness (QED) is 0.0695. The number of carbonyl (C=O) groups excluding carboxylic acids is 2. The van der Waals surface area contributed by atoms with Crippen LogP contribution in [-0.4, -0.2) is 80.9 Å². The van der Waals surface area contributed by atoms with Crippen LogP contribution in [0.1, 0.15) is 55.7 Å². The summed E-state index contributed by atoms with van der Waals surface area (Å²) in [6, 6.07) is 24.4. The molecule has 17 heteroatoms. The minimum atomic E-state index is -4.71. The van der Waals surface area contributed by atoms with Crippen LogP contribution < -0.4 is 26.0 Å². The monoisotopic (exact) mass is 952 g/mol. The molecule has 1 saturated heterocycles. The molecule has 6 aromatic rings. The third-order valence-corrected chi connectivity index (χ3v) is 9.41. The van der Waals surface area contributed by atoms with E-state index in [4.69, 9.17) is 15.9 Å². The summed E-state index contributed by atoms with van der Waals surface area (Å²) in [6.07, 6.45) is -3.32. The van der Waals surface area contributed by atoms with Crippen LogP contribution in [0.25, 0.3) is 16.5 Å². The Balaban J connectivity index is 0.00000176. The summed E-state index contributed by atoms with van der Waals surface area (Å²) in [4.78, 5) is 37.5. The first kappa shape index (κ1) is 44.8. The van der Waals surface area contributed by atoms with Crippen LogP contribution in [0.2, 0.25) is 0 Å². The van der Waals surface area contributed by atoms with Gasteiger partial charge in [0, 0.05) is 67.9 Å². The third kappa shape index (κ3) is 12.2. The lowest BCUT2D eigenvalue weighted by Crippen LogP contribution is -2.41. The zero-order valence-electron chi connectivity index (χ0n) is 34.1. The maximum Gasteiger partial charge on any atom is 0.416 e. The van der Waals surface area contributed by atoms with Gasteiger partial charge < -0.3 is 25.4 Å². The van der Waals surface area contributed by atoms with Crippen molar-refractivity contribution in [1.29, 1.82) is 0 Å². The van der Waals surface area contributed by atoms with Crippen molar-refractivity contribution in [1.82, 2.24) is 30.0 Å². The molecule has 1 fully saturated rings. The molecule has 0 radical (unpaired) electrons. The minimum Gasteiger partial charge on any atom is -0.438 e. The van der Waals surface area contributed by atoms with E-state index in [1.165, 1.54) is 18.3 Å². The van der Waals surface area contributed by atoms with Gasteiger partial charge in [-0.25, -0.2) is 14.5 Å². The number of halogens is 4. The minimum absolute atomic E-state index is 0. The second kappa shape index (κ2) is 21.1. The number of ether oxygens (including phenoxy) is 2. The Kier molecular flexibility index (Phi) is 15.5. The highest BCUT2D eigenvalue weighted by atomic mass is 127. The smallest absolute Gasteiger partial charge is 0.416 e. The molecular weight excluding hydrogens is 902 g/mol. The summed E-state index contributed by atoms with van der Waals surface area (Å²) in [5, 5.41) is 17.4. The van der Waals surface area contributed by atoms with Crippen molar-refractivity contribution in [2.45, 2.75) is 40.3 Å². The molecule has 0 aliphatic carbocycles. The third-order valence-electron chi connectivity index (χ3n) is 9.41. The predicted octanol–water partition coefficient (Wildman–Crippen LogP) is 10.2. The number of alkyl halides is 4. The van der Waals surface area contributed by atoms with E-state index >= 15 is 0 Å². The Morgan fingerprint density at radius 1 is 0.967 bits per heavy atom. The van der Waals surface area contributed by atoms with Crippen LogP contribution >= 0.6 is 22.6 Å². The normalized spacial score (nSPS) is 13.0. The van der Waals surface area contributed by atoms with Gasteiger partial charge in [-0.1, -0.05) is 85.8 Å². The molecule has 1 aliphatic heterocycles. The average Bonchev–Trinajstić information content (AvgIpc) is 3.66. The molecule has 0 spiro atoms. The van der Waals surface area contributed by atoms with E-state index in [9.17, 15) is 22.8 Å². The molecule has 7 rings (SSSR count). The number of anilines is 4. The molecule has 3 heterocycles. The van der Waals surface area contributed by atoms with Crippen molar-refractivity contribution < 1.29 is 33.6 Å². The maximum absolute atomic E-state index is 13.9. The number of fused-ring (bicyclic) bond motifs is 1. The van der Waals surface area contributed by atoms with Crippen molar-refractivity contribution in [3.8, 4) is 17.3 Å². The van der Waals surface area contributed by atoms with E-state index in [0.717, 1.165) is 42.2 Å². The second-order valence-electron chi connectivity index (χ2n) is 14.0. The van der Waals surface area contributed by atoms with Gasteiger partial charge in [0.05, 0.1) is 35.8 Å². The molecule has 3 amide bonds. The van der Waals surface area contributed by atoms with E-state index in [1.807, 2.05) is 98.0 Å². The number of hydrogen-bond donors (Lipinski definition) is 4. The number of nitrogens with zero attached hydrogens (tertiary/aromatic N) is 5. The Morgan fingerprint density at radius 3 is 2.39 bits per heavy atom. The molecule has 0 bridgehead atoms. The van der Waals surface area contributed by atoms with Gasteiger partial charge >= 0.3 is 12.2 Å². The van der Waals surface area contributed by atoms with Gasteiger partial charge in [0.2, 0.25) is 11.8 Å². The van der Waals surface area contributed by atoms with Gasteiger partial charge in [-0.2, -0.15) is 23.3 Å². The zero-order chi connectivity index (χ0) is 43.5. The molecule has 13 nitrogen and oxygen atoms in total. The van der Waals surface area contributed by atoms with Gasteiger partial charge in [0.1, 0.15) is 11.6 Å². The Morgan fingerprint density at radius 2 is 1.69 bits per heavy atom. The molecule has 322 valence electrons. The highest BCUT2D eigenvalue weighted by molar-refractivity contribution is 14.1. The largest absolute Gasteiger partial charge is 0.438 e. The summed E-state index contributed by atoms with van der Waals surface area (Å²) in [5.41, 5.74) is 2.04. The lowest BCUT2D eigenvalue weighted by molar-refractivity contribution is -0.137. The summed E-state index contributed by atoms with van der Waals surface area (Å²) in [7, 11) is 0. The highest BCUT2D eigenvalue weighted by Gasteiger charge is 2.32. The van der Waals surface area contributed by atoms with E-state index in [2.05, 4.69) is 36.1 Å². The van der Waals surface area contributed by atoms with Crippen LogP contribution in [0.15, 0.2) is 97.2 Å². The Hall–Kier alpha value is -5.79. The zero-order valence-corrected chi connectivity index (χ0v) is 35.3. The first-order valence-corrected chi connectivity index (χ1v) is 20.5.